The summed E-state index contributed by atoms with van der Waals surface area (Å²) in [5.41, 5.74) is 0.264. The van der Waals surface area contributed by atoms with E-state index in [9.17, 15) is 22.8 Å². The molecule has 1 aromatic heterocycles. The number of methoxy groups -OCH3 is 1. The molecule has 0 unspecified atom stereocenters. The van der Waals surface area contributed by atoms with E-state index in [1.165, 1.54) is 7.11 Å². The summed E-state index contributed by atoms with van der Waals surface area (Å²) in [6.07, 6.45) is -4.49. The molecule has 1 N–H and O–H groups in total. The molecule has 0 aromatic carbocycles. The predicted molar refractivity (Wildman–Crippen MR) is 64.5 cm³/mol. The van der Waals surface area contributed by atoms with Crippen molar-refractivity contribution in [3.63, 3.8) is 0 Å². The Kier molecular flexibility index (Phi) is 5.28. The average Bonchev–Trinajstić information content (AvgIpc) is 2.78. The molecule has 0 saturated carbocycles. The predicted octanol–water partition coefficient (Wildman–Crippen LogP) is 0.867. The molecular weight excluding hydrogens is 293 g/mol. The number of nitrogens with one attached hydrogen (secondary N) is 1. The number of rotatable bonds is 5. The second kappa shape index (κ2) is 6.55. The van der Waals surface area contributed by atoms with E-state index in [4.69, 9.17) is 0 Å². The second-order valence-corrected chi connectivity index (χ2v) is 4.52. The molecule has 118 valence electrons. The van der Waals surface area contributed by atoms with Crippen LogP contribution >= 0.6 is 0 Å². The fourth-order valence-electron chi connectivity index (χ4n) is 1.64. The van der Waals surface area contributed by atoms with Crippen LogP contribution in [0.15, 0.2) is 0 Å². The zero-order valence-electron chi connectivity index (χ0n) is 11.7. The van der Waals surface area contributed by atoms with E-state index in [1.807, 2.05) is 0 Å². The van der Waals surface area contributed by atoms with Gasteiger partial charge in [0.1, 0.15) is 13.1 Å². The zero-order valence-corrected chi connectivity index (χ0v) is 11.7. The lowest BCUT2D eigenvalue weighted by molar-refractivity contribution is -0.138. The topological polar surface area (TPSA) is 86.1 Å². The monoisotopic (exact) mass is 308 g/mol. The van der Waals surface area contributed by atoms with Gasteiger partial charge in [0.2, 0.25) is 5.91 Å². The molecule has 0 saturated heterocycles. The van der Waals surface area contributed by atoms with Gasteiger partial charge in [-0.2, -0.15) is 13.2 Å². The molecule has 10 heteroatoms. The van der Waals surface area contributed by atoms with Gasteiger partial charge >= 0.3 is 12.1 Å². The summed E-state index contributed by atoms with van der Waals surface area (Å²) in [6.45, 7) is 1.57. The van der Waals surface area contributed by atoms with Crippen molar-refractivity contribution < 1.29 is 27.5 Å². The number of halogens is 3. The van der Waals surface area contributed by atoms with Gasteiger partial charge in [-0.3, -0.25) is 4.79 Å². The number of aromatic nitrogens is 3. The summed E-state index contributed by atoms with van der Waals surface area (Å²) in [6, 6.07) is 0. The first kappa shape index (κ1) is 16.9. The summed E-state index contributed by atoms with van der Waals surface area (Å²) >= 11 is 0. The van der Waals surface area contributed by atoms with Gasteiger partial charge in [0.15, 0.2) is 5.69 Å². The quantitative estimate of drug-likeness (QED) is 0.816. The van der Waals surface area contributed by atoms with Crippen LogP contribution in [-0.2, 0) is 16.1 Å². The van der Waals surface area contributed by atoms with E-state index in [0.29, 0.717) is 5.69 Å². The third-order valence-corrected chi connectivity index (χ3v) is 2.48. The number of alkyl halides is 3. The van der Waals surface area contributed by atoms with E-state index < -0.39 is 31.1 Å². The van der Waals surface area contributed by atoms with E-state index in [2.05, 4.69) is 15.0 Å². The van der Waals surface area contributed by atoms with Crippen LogP contribution in [0.2, 0.25) is 0 Å². The largest absolute Gasteiger partial charge is 0.464 e. The van der Waals surface area contributed by atoms with Crippen molar-refractivity contribution in [2.24, 2.45) is 0 Å². The highest BCUT2D eigenvalue weighted by Gasteiger charge is 2.28. The van der Waals surface area contributed by atoms with Crippen molar-refractivity contribution in [1.82, 2.24) is 20.3 Å². The molecule has 0 radical (unpaired) electrons. The van der Waals surface area contributed by atoms with Crippen molar-refractivity contribution >= 4 is 11.9 Å². The third-order valence-electron chi connectivity index (χ3n) is 2.48. The highest BCUT2D eigenvalue weighted by atomic mass is 19.4. The molecule has 0 atom stereocenters. The molecule has 0 bridgehead atoms. The van der Waals surface area contributed by atoms with Crippen molar-refractivity contribution in [1.29, 1.82) is 0 Å². The molecule has 1 heterocycles. The number of hydrogen-bond donors (Lipinski definition) is 1. The summed E-state index contributed by atoms with van der Waals surface area (Å²) in [7, 11) is 1.17. The minimum atomic E-state index is -4.49. The number of carbonyl (C=O) groups excluding carboxylic acids is 2. The standard InChI is InChI=1S/C11H15F3N4O3/c1-6(2)9-8(10(20)21-3)16-17-18(9)4-7(19)15-5-11(12,13)14/h6H,4-5H2,1-3H3,(H,15,19). The van der Waals surface area contributed by atoms with E-state index >= 15 is 0 Å². The van der Waals surface area contributed by atoms with E-state index in [1.54, 1.807) is 19.2 Å². The molecule has 0 aliphatic heterocycles. The number of hydrogen-bond acceptors (Lipinski definition) is 5. The van der Waals surface area contributed by atoms with Crippen LogP contribution in [0.25, 0.3) is 0 Å². The Bertz CT molecular complexity index is 525. The smallest absolute Gasteiger partial charge is 0.405 e. The van der Waals surface area contributed by atoms with Gasteiger partial charge in [-0.05, 0) is 5.92 Å². The number of amides is 1. The molecule has 1 amide bonds. The number of esters is 1. The van der Waals surface area contributed by atoms with E-state index in [-0.39, 0.29) is 11.6 Å². The first-order valence-corrected chi connectivity index (χ1v) is 6.01. The van der Waals surface area contributed by atoms with Crippen LogP contribution < -0.4 is 5.32 Å². The zero-order chi connectivity index (χ0) is 16.2. The van der Waals surface area contributed by atoms with Crippen molar-refractivity contribution in [3.05, 3.63) is 11.4 Å². The van der Waals surface area contributed by atoms with Gasteiger partial charge < -0.3 is 10.1 Å². The Hall–Kier alpha value is -2.13. The van der Waals surface area contributed by atoms with Crippen LogP contribution in [0.1, 0.15) is 35.9 Å². The summed E-state index contributed by atoms with van der Waals surface area (Å²) < 4.78 is 41.6. The Morgan fingerprint density at radius 1 is 1.38 bits per heavy atom. The molecule has 0 aliphatic rings. The maximum atomic E-state index is 12.0. The number of nitrogens with zero attached hydrogens (tertiary/aromatic N) is 3. The van der Waals surface area contributed by atoms with Crippen LogP contribution in [-0.4, -0.2) is 46.7 Å². The van der Waals surface area contributed by atoms with Crippen LogP contribution in [0.3, 0.4) is 0 Å². The Labute approximate surface area is 118 Å². The van der Waals surface area contributed by atoms with E-state index in [0.717, 1.165) is 4.68 Å². The highest BCUT2D eigenvalue weighted by molar-refractivity contribution is 5.88. The normalized spacial score (nSPS) is 11.6. The molecule has 0 fully saturated rings. The van der Waals surface area contributed by atoms with Gasteiger partial charge in [-0.15, -0.1) is 5.10 Å². The van der Waals surface area contributed by atoms with Crippen LogP contribution in [0, 0.1) is 0 Å². The minimum absolute atomic E-state index is 0.0591. The van der Waals surface area contributed by atoms with Crippen LogP contribution in [0.5, 0.6) is 0 Å². The Balaban J connectivity index is 2.86. The lowest BCUT2D eigenvalue weighted by atomic mass is 10.1. The summed E-state index contributed by atoms with van der Waals surface area (Å²) in [5, 5.41) is 8.94. The fourth-order valence-corrected chi connectivity index (χ4v) is 1.64. The molecule has 0 aliphatic carbocycles. The lowest BCUT2D eigenvalue weighted by Crippen LogP contribution is -2.36. The average molecular weight is 308 g/mol. The Morgan fingerprint density at radius 2 is 2.00 bits per heavy atom. The fraction of sp³-hybridized carbons (Fsp3) is 0.636. The first-order valence-electron chi connectivity index (χ1n) is 6.01. The maximum absolute atomic E-state index is 12.0. The summed E-state index contributed by atoms with van der Waals surface area (Å²) in [4.78, 5) is 23.0. The molecule has 1 aromatic rings. The highest BCUT2D eigenvalue weighted by Crippen LogP contribution is 2.18. The molecular formula is C11H15F3N4O3. The van der Waals surface area contributed by atoms with Crippen molar-refractivity contribution in [2.45, 2.75) is 32.5 Å². The van der Waals surface area contributed by atoms with Crippen molar-refractivity contribution in [3.8, 4) is 0 Å². The summed E-state index contributed by atoms with van der Waals surface area (Å²) in [5.74, 6) is -1.82. The molecule has 7 nitrogen and oxygen atoms in total. The molecule has 21 heavy (non-hydrogen) atoms. The Morgan fingerprint density at radius 3 is 2.48 bits per heavy atom. The molecule has 0 spiro atoms. The third kappa shape index (κ3) is 4.72. The number of carbonyl (C=O) groups is 2. The maximum Gasteiger partial charge on any atom is 0.405 e. The van der Waals surface area contributed by atoms with Gasteiger partial charge in [0.05, 0.1) is 12.8 Å². The minimum Gasteiger partial charge on any atom is -0.464 e. The van der Waals surface area contributed by atoms with Crippen molar-refractivity contribution in [2.75, 3.05) is 13.7 Å². The number of ether oxygens (including phenoxy) is 1. The van der Waals surface area contributed by atoms with Gasteiger partial charge in [0.25, 0.3) is 0 Å². The second-order valence-electron chi connectivity index (χ2n) is 4.52. The molecule has 1 rings (SSSR count). The van der Waals surface area contributed by atoms with Gasteiger partial charge in [0, 0.05) is 0 Å². The van der Waals surface area contributed by atoms with Gasteiger partial charge in [-0.1, -0.05) is 19.1 Å². The van der Waals surface area contributed by atoms with Gasteiger partial charge in [-0.25, -0.2) is 9.48 Å². The van der Waals surface area contributed by atoms with Crippen LogP contribution in [0.4, 0.5) is 13.2 Å². The first-order chi connectivity index (χ1) is 9.65. The lowest BCUT2D eigenvalue weighted by Gasteiger charge is -2.11. The SMILES string of the molecule is COC(=O)c1nnn(CC(=O)NCC(F)(F)F)c1C(C)C.